The fraction of sp³-hybridized carbons (Fsp3) is 0.667. The van der Waals surface area contributed by atoms with Gasteiger partial charge in [0.15, 0.2) is 5.96 Å². The zero-order valence-electron chi connectivity index (χ0n) is 13.0. The molecule has 0 atom stereocenters. The highest BCUT2D eigenvalue weighted by molar-refractivity contribution is 14.0. The first-order valence-corrected chi connectivity index (χ1v) is 7.83. The van der Waals surface area contributed by atoms with Crippen LogP contribution >= 0.6 is 35.3 Å². The van der Waals surface area contributed by atoms with Crippen molar-refractivity contribution in [2.75, 3.05) is 13.1 Å². The second-order valence-corrected chi connectivity index (χ2v) is 7.25. The van der Waals surface area contributed by atoms with Gasteiger partial charge >= 0.3 is 0 Å². The Kier molecular flexibility index (Phi) is 9.46. The second-order valence-electron chi connectivity index (χ2n) is 6.22. The molecule has 0 saturated heterocycles. The van der Waals surface area contributed by atoms with Crippen LogP contribution in [-0.2, 0) is 6.42 Å². The Balaban J connectivity index is 0.00000361. The molecule has 3 nitrogen and oxygen atoms in total. The molecule has 0 fully saturated rings. The lowest BCUT2D eigenvalue weighted by Crippen LogP contribution is -2.34. The molecule has 0 aromatic carbocycles. The molecule has 0 radical (unpaired) electrons. The molecule has 1 heterocycles. The van der Waals surface area contributed by atoms with Crippen LogP contribution in [0.2, 0.25) is 0 Å². The Morgan fingerprint density at radius 1 is 1.45 bits per heavy atom. The number of hydrogen-bond donors (Lipinski definition) is 2. The van der Waals surface area contributed by atoms with E-state index in [9.17, 15) is 0 Å². The van der Waals surface area contributed by atoms with Gasteiger partial charge in [0.1, 0.15) is 0 Å². The molecule has 1 aromatic heterocycles. The summed E-state index contributed by atoms with van der Waals surface area (Å²) in [6, 6.07) is 4.22. The molecule has 0 amide bonds. The lowest BCUT2D eigenvalue weighted by molar-refractivity contribution is 0.298. The van der Waals surface area contributed by atoms with Crippen molar-refractivity contribution in [3.8, 4) is 0 Å². The summed E-state index contributed by atoms with van der Waals surface area (Å²) in [7, 11) is 0. The fourth-order valence-electron chi connectivity index (χ4n) is 2.29. The van der Waals surface area contributed by atoms with E-state index in [2.05, 4.69) is 55.5 Å². The number of rotatable bonds is 7. The van der Waals surface area contributed by atoms with Crippen molar-refractivity contribution in [3.05, 3.63) is 22.4 Å². The molecule has 3 N–H and O–H groups in total. The van der Waals surface area contributed by atoms with Gasteiger partial charge in [0.05, 0.1) is 0 Å². The van der Waals surface area contributed by atoms with E-state index in [1.54, 1.807) is 11.3 Å². The lowest BCUT2D eigenvalue weighted by Gasteiger charge is -2.24. The van der Waals surface area contributed by atoms with Gasteiger partial charge in [0.2, 0.25) is 0 Å². The standard InChI is InChI=1S/C15H27N3S.HI/c1-12(2)10-15(3,4)11-18-14(16)17-8-7-13-6-5-9-19-13;/h5-6,9,12H,7-8,10-11H2,1-4H3,(H3,16,17,18);1H. The largest absolute Gasteiger partial charge is 0.370 e. The van der Waals surface area contributed by atoms with Crippen LogP contribution in [0, 0.1) is 11.3 Å². The normalized spacial score (nSPS) is 12.3. The van der Waals surface area contributed by atoms with Crippen LogP contribution in [0.1, 0.15) is 39.0 Å². The van der Waals surface area contributed by atoms with Gasteiger partial charge in [-0.3, -0.25) is 4.99 Å². The monoisotopic (exact) mass is 409 g/mol. The predicted octanol–water partition coefficient (Wildman–Crippen LogP) is 3.89. The molecule has 0 aliphatic rings. The molecule has 20 heavy (non-hydrogen) atoms. The third kappa shape index (κ3) is 8.79. The van der Waals surface area contributed by atoms with Crippen LogP contribution in [0.25, 0.3) is 0 Å². The van der Waals surface area contributed by atoms with Crippen molar-refractivity contribution >= 4 is 41.3 Å². The first kappa shape index (κ1) is 19.7. The van der Waals surface area contributed by atoms with E-state index in [1.807, 2.05) is 0 Å². The minimum absolute atomic E-state index is 0. The van der Waals surface area contributed by atoms with Gasteiger partial charge < -0.3 is 11.1 Å². The molecule has 0 aliphatic heterocycles. The molecule has 0 bridgehead atoms. The van der Waals surface area contributed by atoms with Crippen LogP contribution < -0.4 is 11.1 Å². The van der Waals surface area contributed by atoms with Gasteiger partial charge in [0, 0.05) is 18.0 Å². The van der Waals surface area contributed by atoms with E-state index >= 15 is 0 Å². The van der Waals surface area contributed by atoms with Gasteiger partial charge in [-0.25, -0.2) is 0 Å². The molecule has 5 heteroatoms. The highest BCUT2D eigenvalue weighted by Gasteiger charge is 2.18. The molecule has 0 unspecified atom stereocenters. The Labute approximate surface area is 144 Å². The van der Waals surface area contributed by atoms with Crippen molar-refractivity contribution < 1.29 is 0 Å². The maximum absolute atomic E-state index is 5.89. The molecule has 0 spiro atoms. The average Bonchev–Trinajstić information content (AvgIpc) is 2.78. The lowest BCUT2D eigenvalue weighted by atomic mass is 9.84. The SMILES string of the molecule is CC(C)CC(C)(C)CN=C(N)NCCc1cccs1.I. The van der Waals surface area contributed by atoms with E-state index in [4.69, 9.17) is 5.73 Å². The first-order valence-electron chi connectivity index (χ1n) is 6.95. The summed E-state index contributed by atoms with van der Waals surface area (Å²) in [6.07, 6.45) is 2.17. The number of hydrogen-bond acceptors (Lipinski definition) is 2. The van der Waals surface area contributed by atoms with Crippen LogP contribution in [0.4, 0.5) is 0 Å². The summed E-state index contributed by atoms with van der Waals surface area (Å²) in [5, 5.41) is 5.28. The van der Waals surface area contributed by atoms with Crippen molar-refractivity contribution in [1.29, 1.82) is 0 Å². The number of nitrogens with two attached hydrogens (primary N) is 1. The maximum atomic E-state index is 5.89. The Morgan fingerprint density at radius 3 is 2.70 bits per heavy atom. The van der Waals surface area contributed by atoms with Crippen molar-refractivity contribution in [2.45, 2.75) is 40.5 Å². The third-order valence-corrected chi connectivity index (χ3v) is 3.83. The first-order chi connectivity index (χ1) is 8.89. The number of halogens is 1. The van der Waals surface area contributed by atoms with Crippen LogP contribution in [0.3, 0.4) is 0 Å². The van der Waals surface area contributed by atoms with Crippen molar-refractivity contribution in [3.63, 3.8) is 0 Å². The van der Waals surface area contributed by atoms with Crippen LogP contribution in [-0.4, -0.2) is 19.0 Å². The quantitative estimate of drug-likeness (QED) is 0.408. The van der Waals surface area contributed by atoms with E-state index in [1.165, 1.54) is 11.3 Å². The van der Waals surface area contributed by atoms with E-state index < -0.39 is 0 Å². The van der Waals surface area contributed by atoms with Crippen molar-refractivity contribution in [2.24, 2.45) is 22.1 Å². The smallest absolute Gasteiger partial charge is 0.188 e. The zero-order valence-corrected chi connectivity index (χ0v) is 16.1. The highest BCUT2D eigenvalue weighted by atomic mass is 127. The summed E-state index contributed by atoms with van der Waals surface area (Å²) < 4.78 is 0. The average molecular weight is 409 g/mol. The predicted molar refractivity (Wildman–Crippen MR) is 101 cm³/mol. The fourth-order valence-corrected chi connectivity index (χ4v) is 3.00. The van der Waals surface area contributed by atoms with E-state index in [0.29, 0.717) is 11.9 Å². The number of guanidine groups is 1. The number of nitrogens with one attached hydrogen (secondary N) is 1. The highest BCUT2D eigenvalue weighted by Crippen LogP contribution is 2.25. The minimum Gasteiger partial charge on any atom is -0.370 e. The molecule has 1 aromatic rings. The molecular formula is C15H28IN3S. The molecule has 1 rings (SSSR count). The summed E-state index contributed by atoms with van der Waals surface area (Å²) in [6.45, 7) is 10.6. The van der Waals surface area contributed by atoms with Gasteiger partial charge in [0.25, 0.3) is 0 Å². The van der Waals surface area contributed by atoms with E-state index in [0.717, 1.165) is 19.5 Å². The maximum Gasteiger partial charge on any atom is 0.188 e. The van der Waals surface area contributed by atoms with Gasteiger partial charge in [-0.15, -0.1) is 35.3 Å². The Bertz CT molecular complexity index is 386. The van der Waals surface area contributed by atoms with Gasteiger partial charge in [-0.1, -0.05) is 33.8 Å². The topological polar surface area (TPSA) is 50.4 Å². The number of aliphatic imine (C=N–C) groups is 1. The molecule has 0 saturated carbocycles. The third-order valence-electron chi connectivity index (χ3n) is 2.90. The summed E-state index contributed by atoms with van der Waals surface area (Å²) in [5.41, 5.74) is 6.11. The van der Waals surface area contributed by atoms with Crippen LogP contribution in [0.15, 0.2) is 22.5 Å². The Morgan fingerprint density at radius 2 is 2.15 bits per heavy atom. The van der Waals surface area contributed by atoms with E-state index in [-0.39, 0.29) is 29.4 Å². The van der Waals surface area contributed by atoms with Gasteiger partial charge in [-0.05, 0) is 35.6 Å². The van der Waals surface area contributed by atoms with Gasteiger partial charge in [-0.2, -0.15) is 0 Å². The minimum atomic E-state index is 0. The molecule has 0 aliphatic carbocycles. The van der Waals surface area contributed by atoms with Crippen LogP contribution in [0.5, 0.6) is 0 Å². The summed E-state index contributed by atoms with van der Waals surface area (Å²) in [5.74, 6) is 1.26. The number of thiophene rings is 1. The molecule has 116 valence electrons. The molecular weight excluding hydrogens is 381 g/mol. The second kappa shape index (κ2) is 9.60. The number of nitrogens with zero attached hydrogens (tertiary/aromatic N) is 1. The summed E-state index contributed by atoms with van der Waals surface area (Å²) >= 11 is 1.78. The zero-order chi connectivity index (χ0) is 14.3. The van der Waals surface area contributed by atoms with Crippen molar-refractivity contribution in [1.82, 2.24) is 5.32 Å². The Hall–Kier alpha value is -0.300. The summed E-state index contributed by atoms with van der Waals surface area (Å²) in [4.78, 5) is 5.83.